The Balaban J connectivity index is 1.62. The fraction of sp³-hybridized carbons (Fsp3) is 0.222. The molecule has 0 amide bonds. The number of halogens is 3. The van der Waals surface area contributed by atoms with Gasteiger partial charge in [0.05, 0.1) is 5.39 Å². The van der Waals surface area contributed by atoms with Crippen LogP contribution >= 0.6 is 0 Å². The average Bonchev–Trinajstić information content (AvgIpc) is 3.13. The number of pyridine rings is 1. The highest BCUT2D eigenvalue weighted by molar-refractivity contribution is 5.83. The Morgan fingerprint density at radius 3 is 2.63 bits per heavy atom. The van der Waals surface area contributed by atoms with E-state index >= 15 is 0 Å². The number of nitrogens with zero attached hydrogens (tertiary/aromatic N) is 6. The summed E-state index contributed by atoms with van der Waals surface area (Å²) in [6, 6.07) is 7.81. The zero-order chi connectivity index (χ0) is 21.3. The first kappa shape index (κ1) is 19.5. The van der Waals surface area contributed by atoms with Crippen molar-refractivity contribution in [1.82, 2.24) is 30.1 Å². The van der Waals surface area contributed by atoms with E-state index in [-0.39, 0.29) is 18.2 Å². The third kappa shape index (κ3) is 4.26. The van der Waals surface area contributed by atoms with Crippen molar-refractivity contribution in [2.45, 2.75) is 19.6 Å². The molecule has 0 aliphatic carbocycles. The number of hydrogen-bond donors (Lipinski definition) is 0. The van der Waals surface area contributed by atoms with Gasteiger partial charge in [-0.3, -0.25) is 4.79 Å². The summed E-state index contributed by atoms with van der Waals surface area (Å²) in [4.78, 5) is 20.7. The first-order valence-electron chi connectivity index (χ1n) is 8.61. The van der Waals surface area contributed by atoms with Gasteiger partial charge in [0.2, 0.25) is 11.8 Å². The number of ether oxygens (including phenoxy) is 1. The van der Waals surface area contributed by atoms with E-state index in [1.54, 1.807) is 31.2 Å². The van der Waals surface area contributed by atoms with Crippen molar-refractivity contribution in [3.63, 3.8) is 0 Å². The SMILES string of the molecule is Cc1nc(Cn2nnc3ccc(-c4ccc(OCC(F)(F)F)nc4)cc3c2=O)no1. The standard InChI is InChI=1S/C18H13F3N6O3/c1-10-23-15(25-30-10)8-27-17(28)13-6-11(2-4-14(13)24-26-27)12-3-5-16(22-7-12)29-9-18(19,20)21/h2-7H,8-9H2,1H3. The summed E-state index contributed by atoms with van der Waals surface area (Å²) >= 11 is 0. The molecule has 12 heteroatoms. The smallest absolute Gasteiger partial charge is 0.422 e. The van der Waals surface area contributed by atoms with Crippen molar-refractivity contribution in [2.24, 2.45) is 0 Å². The molecule has 0 atom stereocenters. The Labute approximate surface area is 166 Å². The molecule has 3 aromatic heterocycles. The number of rotatable bonds is 5. The lowest BCUT2D eigenvalue weighted by molar-refractivity contribution is -0.154. The van der Waals surface area contributed by atoms with Crippen LogP contribution in [0, 0.1) is 6.92 Å². The molecule has 0 radical (unpaired) electrons. The summed E-state index contributed by atoms with van der Waals surface area (Å²) in [6.45, 7) is 0.203. The van der Waals surface area contributed by atoms with Gasteiger partial charge < -0.3 is 9.26 Å². The van der Waals surface area contributed by atoms with Crippen molar-refractivity contribution in [1.29, 1.82) is 0 Å². The van der Waals surface area contributed by atoms with Crippen molar-refractivity contribution < 1.29 is 22.4 Å². The third-order valence-electron chi connectivity index (χ3n) is 4.04. The van der Waals surface area contributed by atoms with Gasteiger partial charge in [0, 0.05) is 24.8 Å². The molecule has 0 aliphatic rings. The van der Waals surface area contributed by atoms with E-state index in [0.29, 0.717) is 27.9 Å². The Kier molecular flexibility index (Phi) is 4.90. The van der Waals surface area contributed by atoms with Crippen LogP contribution in [0.1, 0.15) is 11.7 Å². The number of hydrogen-bond acceptors (Lipinski definition) is 8. The van der Waals surface area contributed by atoms with Crippen LogP contribution in [0.15, 0.2) is 45.8 Å². The van der Waals surface area contributed by atoms with Crippen molar-refractivity contribution in [3.05, 3.63) is 58.6 Å². The summed E-state index contributed by atoms with van der Waals surface area (Å²) in [5.74, 6) is 0.503. The third-order valence-corrected chi connectivity index (χ3v) is 4.04. The van der Waals surface area contributed by atoms with Crippen LogP contribution < -0.4 is 10.3 Å². The quantitative estimate of drug-likeness (QED) is 0.487. The summed E-state index contributed by atoms with van der Waals surface area (Å²) < 4.78 is 47.3. The van der Waals surface area contributed by atoms with Crippen LogP contribution in [-0.2, 0) is 6.54 Å². The topological polar surface area (TPSA) is 109 Å². The summed E-state index contributed by atoms with van der Waals surface area (Å²) in [7, 11) is 0. The van der Waals surface area contributed by atoms with Gasteiger partial charge in [-0.05, 0) is 23.8 Å². The van der Waals surface area contributed by atoms with Crippen LogP contribution in [0.25, 0.3) is 22.0 Å². The predicted octanol–water partition coefficient (Wildman–Crippen LogP) is 2.53. The molecule has 9 nitrogen and oxygen atoms in total. The zero-order valence-corrected chi connectivity index (χ0v) is 15.4. The molecule has 30 heavy (non-hydrogen) atoms. The van der Waals surface area contributed by atoms with Gasteiger partial charge in [-0.25, -0.2) is 9.67 Å². The fourth-order valence-electron chi connectivity index (χ4n) is 2.69. The van der Waals surface area contributed by atoms with Crippen LogP contribution in [-0.4, -0.2) is 42.9 Å². The monoisotopic (exact) mass is 418 g/mol. The minimum absolute atomic E-state index is 0.00383. The zero-order valence-electron chi connectivity index (χ0n) is 15.4. The van der Waals surface area contributed by atoms with Gasteiger partial charge in [0.15, 0.2) is 12.4 Å². The molecule has 3 heterocycles. The first-order valence-corrected chi connectivity index (χ1v) is 8.61. The van der Waals surface area contributed by atoms with Crippen LogP contribution in [0.3, 0.4) is 0 Å². The molecule has 0 aliphatic heterocycles. The highest BCUT2D eigenvalue weighted by Crippen LogP contribution is 2.23. The number of alkyl halides is 3. The minimum atomic E-state index is -4.44. The van der Waals surface area contributed by atoms with Gasteiger partial charge in [-0.1, -0.05) is 16.4 Å². The Morgan fingerprint density at radius 1 is 1.17 bits per heavy atom. The van der Waals surface area contributed by atoms with E-state index in [0.717, 1.165) is 4.68 Å². The Hall–Kier alpha value is -3.83. The maximum absolute atomic E-state index is 12.8. The van der Waals surface area contributed by atoms with Gasteiger partial charge in [-0.15, -0.1) is 5.10 Å². The number of benzene rings is 1. The van der Waals surface area contributed by atoms with Crippen molar-refractivity contribution >= 4 is 10.9 Å². The van der Waals surface area contributed by atoms with Crippen molar-refractivity contribution in [3.8, 4) is 17.0 Å². The highest BCUT2D eigenvalue weighted by Gasteiger charge is 2.28. The lowest BCUT2D eigenvalue weighted by Gasteiger charge is -2.09. The Morgan fingerprint density at radius 2 is 1.97 bits per heavy atom. The van der Waals surface area contributed by atoms with Gasteiger partial charge in [0.25, 0.3) is 5.56 Å². The second-order valence-corrected chi connectivity index (χ2v) is 6.30. The normalized spacial score (nSPS) is 11.7. The highest BCUT2D eigenvalue weighted by atomic mass is 19.4. The number of aryl methyl sites for hydroxylation is 1. The number of aromatic nitrogens is 6. The molecule has 0 spiro atoms. The summed E-state index contributed by atoms with van der Waals surface area (Å²) in [5, 5.41) is 11.9. The molecule has 0 bridgehead atoms. The molecular formula is C18H13F3N6O3. The molecule has 4 aromatic rings. The second kappa shape index (κ2) is 7.54. The molecule has 0 unspecified atom stereocenters. The van der Waals surface area contributed by atoms with E-state index in [4.69, 9.17) is 4.52 Å². The fourth-order valence-corrected chi connectivity index (χ4v) is 2.69. The van der Waals surface area contributed by atoms with Crippen LogP contribution in [0.2, 0.25) is 0 Å². The molecular weight excluding hydrogens is 405 g/mol. The predicted molar refractivity (Wildman–Crippen MR) is 96.7 cm³/mol. The Bertz CT molecular complexity index is 1250. The first-order chi connectivity index (χ1) is 14.3. The van der Waals surface area contributed by atoms with E-state index in [1.807, 2.05) is 0 Å². The molecule has 1 aromatic carbocycles. The molecule has 4 rings (SSSR count). The van der Waals surface area contributed by atoms with Crippen molar-refractivity contribution in [2.75, 3.05) is 6.61 Å². The van der Waals surface area contributed by atoms with Crippen LogP contribution in [0.5, 0.6) is 5.88 Å². The van der Waals surface area contributed by atoms with Crippen LogP contribution in [0.4, 0.5) is 13.2 Å². The lowest BCUT2D eigenvalue weighted by Crippen LogP contribution is -2.25. The van der Waals surface area contributed by atoms with E-state index in [9.17, 15) is 18.0 Å². The van der Waals surface area contributed by atoms with Gasteiger partial charge in [0.1, 0.15) is 12.1 Å². The van der Waals surface area contributed by atoms with Gasteiger partial charge >= 0.3 is 6.18 Å². The van der Waals surface area contributed by atoms with E-state index in [1.165, 1.54) is 12.3 Å². The second-order valence-electron chi connectivity index (χ2n) is 6.30. The maximum atomic E-state index is 12.8. The van der Waals surface area contributed by atoms with E-state index in [2.05, 4.69) is 30.2 Å². The largest absolute Gasteiger partial charge is 0.468 e. The van der Waals surface area contributed by atoms with E-state index < -0.39 is 18.3 Å². The molecule has 0 fully saturated rings. The molecule has 0 N–H and O–H groups in total. The molecule has 154 valence electrons. The number of fused-ring (bicyclic) bond motifs is 1. The minimum Gasteiger partial charge on any atom is -0.468 e. The molecule has 0 saturated carbocycles. The van der Waals surface area contributed by atoms with Gasteiger partial charge in [-0.2, -0.15) is 18.2 Å². The maximum Gasteiger partial charge on any atom is 0.422 e. The summed E-state index contributed by atoms with van der Waals surface area (Å²) in [5.41, 5.74) is 1.21. The lowest BCUT2D eigenvalue weighted by atomic mass is 10.1. The summed E-state index contributed by atoms with van der Waals surface area (Å²) in [6.07, 6.45) is -3.08. The average molecular weight is 418 g/mol. The molecule has 0 saturated heterocycles.